The van der Waals surface area contributed by atoms with Gasteiger partial charge in [-0.2, -0.15) is 0 Å². The average Bonchev–Trinajstić information content (AvgIpc) is 3.58. The Bertz CT molecular complexity index is 1700. The van der Waals surface area contributed by atoms with Crippen molar-refractivity contribution < 1.29 is 9.59 Å². The van der Waals surface area contributed by atoms with Crippen LogP contribution in [0, 0.1) is 0 Å². The molecule has 174 valence electrons. The van der Waals surface area contributed by atoms with E-state index in [4.69, 9.17) is 0 Å². The second kappa shape index (κ2) is 7.90. The van der Waals surface area contributed by atoms with Crippen molar-refractivity contribution >= 4 is 72.2 Å². The molecule has 0 fully saturated rings. The molecule has 0 saturated carbocycles. The summed E-state index contributed by atoms with van der Waals surface area (Å²) in [6.07, 6.45) is 1.87. The summed E-state index contributed by atoms with van der Waals surface area (Å²) in [4.78, 5) is 31.2. The van der Waals surface area contributed by atoms with E-state index in [0.717, 1.165) is 15.5 Å². The fourth-order valence-corrected chi connectivity index (χ4v) is 9.84. The molecular weight excluding hydrogens is 576 g/mol. The fraction of sp³-hybridized carbons (Fsp3) is 0.0968. The molecule has 36 heavy (non-hydrogen) atoms. The summed E-state index contributed by atoms with van der Waals surface area (Å²) >= 11 is 0.188. The molecule has 1 aliphatic carbocycles. The summed E-state index contributed by atoms with van der Waals surface area (Å²) in [6.45, 7) is 4.54. The molecule has 5 aromatic rings. The van der Waals surface area contributed by atoms with Crippen LogP contribution in [0.25, 0.3) is 15.7 Å². The Balaban J connectivity index is 1.39. The van der Waals surface area contributed by atoms with Gasteiger partial charge < -0.3 is 0 Å². The molecule has 0 saturated heterocycles. The molecule has 0 amide bonds. The van der Waals surface area contributed by atoms with E-state index in [1.807, 2.05) is 24.3 Å². The molecule has 3 aromatic carbocycles. The Morgan fingerprint density at radius 3 is 2.33 bits per heavy atom. The second-order valence-corrected chi connectivity index (χ2v) is 14.0. The Labute approximate surface area is 221 Å². The summed E-state index contributed by atoms with van der Waals surface area (Å²) in [5.74, 6) is -0.279. The van der Waals surface area contributed by atoms with Gasteiger partial charge in [0.15, 0.2) is 0 Å². The molecule has 7 rings (SSSR count). The Kier molecular flexibility index (Phi) is 4.83. The van der Waals surface area contributed by atoms with Crippen molar-refractivity contribution in [1.29, 1.82) is 0 Å². The van der Waals surface area contributed by atoms with Crippen LogP contribution in [0.5, 0.6) is 0 Å². The maximum absolute atomic E-state index is 13.4. The second-order valence-electron chi connectivity index (χ2n) is 9.75. The molecule has 2 aromatic heterocycles. The van der Waals surface area contributed by atoms with E-state index in [9.17, 15) is 9.59 Å². The van der Waals surface area contributed by atoms with E-state index in [0.29, 0.717) is 16.7 Å². The number of anilines is 3. The predicted molar refractivity (Wildman–Crippen MR) is 148 cm³/mol. The van der Waals surface area contributed by atoms with Crippen molar-refractivity contribution in [1.82, 2.24) is 0 Å². The average molecular weight is 597 g/mol. The van der Waals surface area contributed by atoms with Gasteiger partial charge in [0, 0.05) is 0 Å². The molecule has 1 aliphatic heterocycles. The fourth-order valence-electron chi connectivity index (χ4n) is 5.42. The molecule has 0 spiro atoms. The minimum atomic E-state index is -0.179. The van der Waals surface area contributed by atoms with Crippen LogP contribution in [-0.2, 0) is 5.41 Å². The number of carbonyl (C=O) groups excluding carboxylic acids is 2. The van der Waals surface area contributed by atoms with Crippen LogP contribution in [0.3, 0.4) is 0 Å². The molecule has 0 N–H and O–H groups in total. The normalized spacial score (nSPS) is 16.9. The number of ketones is 2. The van der Waals surface area contributed by atoms with Crippen LogP contribution >= 0.6 is 0 Å². The van der Waals surface area contributed by atoms with Gasteiger partial charge in [-0.3, -0.25) is 0 Å². The van der Waals surface area contributed by atoms with Crippen molar-refractivity contribution in [3.8, 4) is 0 Å². The van der Waals surface area contributed by atoms with Gasteiger partial charge in [-0.25, -0.2) is 0 Å². The van der Waals surface area contributed by atoms with Crippen molar-refractivity contribution in [2.24, 2.45) is 0 Å². The number of rotatable bonds is 2. The number of carbonyl (C=O) groups is 2. The summed E-state index contributed by atoms with van der Waals surface area (Å²) in [5.41, 5.74) is 6.11. The first kappa shape index (κ1) is 22.0. The third kappa shape index (κ3) is 3.11. The van der Waals surface area contributed by atoms with Gasteiger partial charge >= 0.3 is 222 Å². The molecular formula is C31H21NO2Se2. The van der Waals surface area contributed by atoms with E-state index in [1.165, 1.54) is 25.6 Å². The van der Waals surface area contributed by atoms with Crippen molar-refractivity contribution in [2.75, 3.05) is 4.90 Å². The van der Waals surface area contributed by atoms with E-state index < -0.39 is 0 Å². The van der Waals surface area contributed by atoms with Crippen molar-refractivity contribution in [3.05, 3.63) is 116 Å². The number of para-hydroxylation sites is 2. The van der Waals surface area contributed by atoms with E-state index in [1.54, 1.807) is 0 Å². The van der Waals surface area contributed by atoms with Gasteiger partial charge in [0.05, 0.1) is 0 Å². The standard InChI is InChI=1S/C31H21NO2Se2/c1-31(2)24-10-6-7-11-26(24)32(19-8-4-3-5-9-19)30-25(31)16-20(36-30)15-23-28(33)21-14-18-12-13-35-27(18)17-22(21)29(23)34/h3-17H,1-2H3/b23-15-. The van der Waals surface area contributed by atoms with E-state index in [-0.39, 0.29) is 46.0 Å². The predicted octanol–water partition coefficient (Wildman–Crippen LogP) is 6.53. The molecule has 0 atom stereocenters. The van der Waals surface area contributed by atoms with Crippen molar-refractivity contribution in [3.63, 3.8) is 0 Å². The third-order valence-electron chi connectivity index (χ3n) is 7.30. The molecule has 3 heterocycles. The number of benzene rings is 3. The van der Waals surface area contributed by atoms with Gasteiger partial charge in [0.25, 0.3) is 0 Å². The first-order valence-corrected chi connectivity index (χ1v) is 15.4. The topological polar surface area (TPSA) is 37.4 Å². The third-order valence-corrected chi connectivity index (χ3v) is 11.4. The number of nitrogens with zero attached hydrogens (tertiary/aromatic N) is 1. The van der Waals surface area contributed by atoms with Gasteiger partial charge in [-0.05, 0) is 0 Å². The number of allylic oxidation sites excluding steroid dienone is 1. The van der Waals surface area contributed by atoms with Crippen LogP contribution < -0.4 is 4.90 Å². The van der Waals surface area contributed by atoms with Crippen LogP contribution in [0.1, 0.15) is 50.1 Å². The summed E-state index contributed by atoms with van der Waals surface area (Å²) < 4.78 is 3.52. The van der Waals surface area contributed by atoms with Gasteiger partial charge in [0.1, 0.15) is 0 Å². The number of Topliss-reactive ketones (excluding diaryl/α,β-unsaturated/α-hetero) is 2. The Morgan fingerprint density at radius 2 is 1.53 bits per heavy atom. The van der Waals surface area contributed by atoms with Crippen LogP contribution in [-0.4, -0.2) is 40.6 Å². The zero-order valence-electron chi connectivity index (χ0n) is 19.7. The summed E-state index contributed by atoms with van der Waals surface area (Å²) in [5, 5.41) is 1.08. The number of fused-ring (bicyclic) bond motifs is 4. The maximum atomic E-state index is 13.4. The van der Waals surface area contributed by atoms with Crippen molar-refractivity contribution in [2.45, 2.75) is 19.3 Å². The summed E-state index contributed by atoms with van der Waals surface area (Å²) in [7, 11) is 0. The molecule has 5 heteroatoms. The summed E-state index contributed by atoms with van der Waals surface area (Å²) in [6, 6.07) is 27.2. The Hall–Kier alpha value is -3.20. The van der Waals surface area contributed by atoms with Crippen LogP contribution in [0.2, 0.25) is 0 Å². The number of hydrogen-bond acceptors (Lipinski definition) is 3. The molecule has 0 unspecified atom stereocenters. The van der Waals surface area contributed by atoms with Gasteiger partial charge in [-0.1, -0.05) is 0 Å². The van der Waals surface area contributed by atoms with E-state index in [2.05, 4.69) is 84.4 Å². The van der Waals surface area contributed by atoms with Gasteiger partial charge in [0.2, 0.25) is 0 Å². The zero-order valence-corrected chi connectivity index (χ0v) is 23.2. The van der Waals surface area contributed by atoms with Crippen LogP contribution in [0.4, 0.5) is 15.9 Å². The zero-order chi connectivity index (χ0) is 24.6. The minimum absolute atomic E-state index is 0.0497. The first-order chi connectivity index (χ1) is 17.4. The first-order valence-electron chi connectivity index (χ1n) is 11.8. The SMILES string of the molecule is CC1(C)c2ccccc2N(c2ccccc2)c2[se]c(/C=C3/C(=O)c4cc5cc[se]c5cc4C3=O)cc21. The Morgan fingerprint density at radius 1 is 0.806 bits per heavy atom. The molecule has 0 radical (unpaired) electrons. The molecule has 0 bridgehead atoms. The van der Waals surface area contributed by atoms with Gasteiger partial charge in [-0.15, -0.1) is 0 Å². The van der Waals surface area contributed by atoms with E-state index >= 15 is 0 Å². The quantitative estimate of drug-likeness (QED) is 0.132. The molecule has 2 aliphatic rings. The molecule has 3 nitrogen and oxygen atoms in total. The number of hydrogen-bond donors (Lipinski definition) is 0. The monoisotopic (exact) mass is 599 g/mol. The van der Waals surface area contributed by atoms with Crippen LogP contribution in [0.15, 0.2) is 89.4 Å².